The van der Waals surface area contributed by atoms with Crippen molar-refractivity contribution < 1.29 is 4.74 Å². The van der Waals surface area contributed by atoms with Crippen molar-refractivity contribution in [2.24, 2.45) is 0 Å². The standard InChI is InChI=1S/C10H11NOS/c1-3-12-10-11-9-7(2)5-4-6-8(9)13-10/h4-6H,3H2,1-2H3. The first-order valence-electron chi connectivity index (χ1n) is 4.30. The number of hydrogen-bond donors (Lipinski definition) is 0. The molecule has 1 heterocycles. The van der Waals surface area contributed by atoms with Crippen LogP contribution in [-0.2, 0) is 0 Å². The van der Waals surface area contributed by atoms with E-state index < -0.39 is 0 Å². The molecule has 0 saturated carbocycles. The molecule has 0 amide bonds. The molecular weight excluding hydrogens is 182 g/mol. The number of hydrogen-bond acceptors (Lipinski definition) is 3. The van der Waals surface area contributed by atoms with Gasteiger partial charge in [-0.05, 0) is 25.5 Å². The summed E-state index contributed by atoms with van der Waals surface area (Å²) in [4.78, 5) is 4.40. The van der Waals surface area contributed by atoms with Crippen LogP contribution in [0.2, 0.25) is 0 Å². The van der Waals surface area contributed by atoms with E-state index in [1.165, 1.54) is 10.3 Å². The first-order valence-corrected chi connectivity index (χ1v) is 5.12. The fourth-order valence-electron chi connectivity index (χ4n) is 1.25. The predicted molar refractivity (Wildman–Crippen MR) is 55.5 cm³/mol. The molecule has 13 heavy (non-hydrogen) atoms. The molecule has 1 aromatic heterocycles. The molecule has 0 spiro atoms. The molecule has 0 radical (unpaired) electrons. The van der Waals surface area contributed by atoms with Gasteiger partial charge in [0.2, 0.25) is 0 Å². The highest BCUT2D eigenvalue weighted by atomic mass is 32.1. The van der Waals surface area contributed by atoms with Crippen LogP contribution in [0.5, 0.6) is 5.19 Å². The average Bonchev–Trinajstić information content (AvgIpc) is 2.49. The number of fused-ring (bicyclic) bond motifs is 1. The summed E-state index contributed by atoms with van der Waals surface area (Å²) in [7, 11) is 0. The summed E-state index contributed by atoms with van der Waals surface area (Å²) in [6, 6.07) is 6.19. The van der Waals surface area contributed by atoms with Crippen molar-refractivity contribution in [2.75, 3.05) is 6.61 Å². The molecule has 0 aliphatic carbocycles. The number of ether oxygens (including phenoxy) is 1. The van der Waals surface area contributed by atoms with Gasteiger partial charge in [-0.25, -0.2) is 4.98 Å². The minimum atomic E-state index is 0.679. The summed E-state index contributed by atoms with van der Waals surface area (Å²) in [5.74, 6) is 0. The lowest BCUT2D eigenvalue weighted by atomic mass is 10.2. The molecule has 68 valence electrons. The Morgan fingerprint density at radius 1 is 1.46 bits per heavy atom. The van der Waals surface area contributed by atoms with Gasteiger partial charge in [0.1, 0.15) is 0 Å². The smallest absolute Gasteiger partial charge is 0.274 e. The van der Waals surface area contributed by atoms with Gasteiger partial charge in [0.05, 0.1) is 16.8 Å². The average molecular weight is 193 g/mol. The van der Waals surface area contributed by atoms with Crippen LogP contribution < -0.4 is 4.74 Å². The van der Waals surface area contributed by atoms with Crippen LogP contribution in [0.25, 0.3) is 10.2 Å². The van der Waals surface area contributed by atoms with Crippen molar-refractivity contribution in [1.82, 2.24) is 4.98 Å². The van der Waals surface area contributed by atoms with Crippen LogP contribution >= 0.6 is 11.3 Å². The lowest BCUT2D eigenvalue weighted by Crippen LogP contribution is -1.89. The first kappa shape index (κ1) is 8.51. The first-order chi connectivity index (χ1) is 6.31. The summed E-state index contributed by atoms with van der Waals surface area (Å²) >= 11 is 1.60. The number of thiazole rings is 1. The number of aryl methyl sites for hydroxylation is 1. The number of aromatic nitrogens is 1. The molecule has 0 fully saturated rings. The summed E-state index contributed by atoms with van der Waals surface area (Å²) in [6.07, 6.45) is 0. The van der Waals surface area contributed by atoms with E-state index in [1.54, 1.807) is 11.3 Å². The molecule has 0 atom stereocenters. The molecule has 0 saturated heterocycles. The molecule has 2 rings (SSSR count). The van der Waals surface area contributed by atoms with E-state index in [4.69, 9.17) is 4.74 Å². The maximum absolute atomic E-state index is 5.35. The van der Waals surface area contributed by atoms with E-state index in [1.807, 2.05) is 13.0 Å². The lowest BCUT2D eigenvalue weighted by molar-refractivity contribution is 0.339. The monoisotopic (exact) mass is 193 g/mol. The molecule has 0 bridgehead atoms. The largest absolute Gasteiger partial charge is 0.470 e. The van der Waals surface area contributed by atoms with Gasteiger partial charge in [0, 0.05) is 0 Å². The van der Waals surface area contributed by atoms with E-state index in [9.17, 15) is 0 Å². The van der Waals surface area contributed by atoms with Gasteiger partial charge in [-0.3, -0.25) is 0 Å². The van der Waals surface area contributed by atoms with Crippen molar-refractivity contribution in [3.63, 3.8) is 0 Å². The van der Waals surface area contributed by atoms with Crippen molar-refractivity contribution in [1.29, 1.82) is 0 Å². The summed E-state index contributed by atoms with van der Waals surface area (Å²) in [5.41, 5.74) is 2.27. The predicted octanol–water partition coefficient (Wildman–Crippen LogP) is 3.00. The van der Waals surface area contributed by atoms with Gasteiger partial charge < -0.3 is 4.74 Å². The minimum Gasteiger partial charge on any atom is -0.470 e. The van der Waals surface area contributed by atoms with Crippen LogP contribution in [0, 0.1) is 6.92 Å². The van der Waals surface area contributed by atoms with Gasteiger partial charge >= 0.3 is 0 Å². The van der Waals surface area contributed by atoms with E-state index >= 15 is 0 Å². The fraction of sp³-hybridized carbons (Fsp3) is 0.300. The molecule has 0 N–H and O–H groups in total. The number of benzene rings is 1. The molecule has 2 aromatic rings. The summed E-state index contributed by atoms with van der Waals surface area (Å²) in [6.45, 7) is 4.72. The van der Waals surface area contributed by atoms with Crippen LogP contribution in [0.15, 0.2) is 18.2 Å². The third kappa shape index (κ3) is 1.52. The topological polar surface area (TPSA) is 22.1 Å². The Morgan fingerprint density at radius 2 is 2.31 bits per heavy atom. The second kappa shape index (κ2) is 3.34. The Balaban J connectivity index is 2.55. The van der Waals surface area contributed by atoms with Gasteiger partial charge in [-0.1, -0.05) is 23.5 Å². The SMILES string of the molecule is CCOc1nc2c(C)cccc2s1. The molecule has 0 unspecified atom stereocenters. The molecule has 0 aliphatic heterocycles. The number of nitrogens with zero attached hydrogens (tertiary/aromatic N) is 1. The van der Waals surface area contributed by atoms with Gasteiger partial charge in [0.25, 0.3) is 5.19 Å². The Kier molecular flexibility index (Phi) is 2.19. The molecule has 2 nitrogen and oxygen atoms in total. The van der Waals surface area contributed by atoms with E-state index in [0.717, 1.165) is 10.7 Å². The zero-order valence-corrected chi connectivity index (χ0v) is 8.52. The van der Waals surface area contributed by atoms with Crippen LogP contribution in [0.1, 0.15) is 12.5 Å². The Labute approximate surface area is 81.2 Å². The zero-order valence-electron chi connectivity index (χ0n) is 7.70. The van der Waals surface area contributed by atoms with Crippen molar-refractivity contribution >= 4 is 21.6 Å². The van der Waals surface area contributed by atoms with Crippen LogP contribution in [0.4, 0.5) is 0 Å². The van der Waals surface area contributed by atoms with E-state index in [0.29, 0.717) is 6.61 Å². The Hall–Kier alpha value is -1.09. The molecule has 3 heteroatoms. The summed E-state index contributed by atoms with van der Waals surface area (Å²) in [5, 5.41) is 0.770. The lowest BCUT2D eigenvalue weighted by Gasteiger charge is -1.92. The second-order valence-corrected chi connectivity index (χ2v) is 3.83. The van der Waals surface area contributed by atoms with E-state index in [-0.39, 0.29) is 0 Å². The fourth-order valence-corrected chi connectivity index (χ4v) is 2.20. The maximum Gasteiger partial charge on any atom is 0.274 e. The van der Waals surface area contributed by atoms with E-state index in [2.05, 4.69) is 24.0 Å². The normalized spacial score (nSPS) is 10.6. The third-order valence-electron chi connectivity index (χ3n) is 1.87. The molecular formula is C10H11NOS. The van der Waals surface area contributed by atoms with Crippen LogP contribution in [0.3, 0.4) is 0 Å². The highest BCUT2D eigenvalue weighted by molar-refractivity contribution is 7.20. The van der Waals surface area contributed by atoms with Gasteiger partial charge in [-0.2, -0.15) is 0 Å². The second-order valence-electron chi connectivity index (χ2n) is 2.83. The third-order valence-corrected chi connectivity index (χ3v) is 2.80. The molecule has 1 aromatic carbocycles. The quantitative estimate of drug-likeness (QED) is 0.731. The minimum absolute atomic E-state index is 0.679. The maximum atomic E-state index is 5.35. The Morgan fingerprint density at radius 3 is 3.00 bits per heavy atom. The van der Waals surface area contributed by atoms with Crippen molar-refractivity contribution in [2.45, 2.75) is 13.8 Å². The highest BCUT2D eigenvalue weighted by Gasteiger charge is 2.04. The molecule has 0 aliphatic rings. The van der Waals surface area contributed by atoms with Crippen molar-refractivity contribution in [3.05, 3.63) is 23.8 Å². The van der Waals surface area contributed by atoms with Crippen molar-refractivity contribution in [3.8, 4) is 5.19 Å². The van der Waals surface area contributed by atoms with Crippen LogP contribution in [-0.4, -0.2) is 11.6 Å². The zero-order chi connectivity index (χ0) is 9.26. The van der Waals surface area contributed by atoms with Gasteiger partial charge in [0.15, 0.2) is 0 Å². The number of rotatable bonds is 2. The highest BCUT2D eigenvalue weighted by Crippen LogP contribution is 2.29. The summed E-state index contributed by atoms with van der Waals surface area (Å²) < 4.78 is 6.55. The van der Waals surface area contributed by atoms with Gasteiger partial charge in [-0.15, -0.1) is 0 Å². The Bertz CT molecular complexity index is 422. The number of para-hydroxylation sites is 1.